The van der Waals surface area contributed by atoms with E-state index in [1.54, 1.807) is 20.8 Å². The molecule has 1 saturated heterocycles. The smallest absolute Gasteiger partial charge is 0.459 e. The first-order chi connectivity index (χ1) is 19.1. The monoisotopic (exact) mass is 600 g/mol. The normalized spacial score (nSPS) is 26.8. The zero-order valence-corrected chi connectivity index (χ0v) is 23.8. The number of halogens is 2. The molecule has 1 aromatic heterocycles. The van der Waals surface area contributed by atoms with Gasteiger partial charge >= 0.3 is 13.7 Å². The molecule has 1 amide bonds. The Morgan fingerprint density at radius 1 is 1.39 bits per heavy atom. The minimum atomic E-state index is -4.65. The van der Waals surface area contributed by atoms with E-state index in [1.807, 2.05) is 0 Å². The van der Waals surface area contributed by atoms with Crippen molar-refractivity contribution in [1.29, 1.82) is 0 Å². The van der Waals surface area contributed by atoms with E-state index in [1.165, 1.54) is 24.1 Å². The lowest BCUT2D eigenvalue weighted by molar-refractivity contribution is -0.149. The molecule has 0 spiro atoms. The van der Waals surface area contributed by atoms with Crippen LogP contribution in [0.1, 0.15) is 33.4 Å². The van der Waals surface area contributed by atoms with Crippen LogP contribution in [0.5, 0.6) is 5.75 Å². The quantitative estimate of drug-likeness (QED) is 0.271. The van der Waals surface area contributed by atoms with Gasteiger partial charge in [0.15, 0.2) is 29.0 Å². The van der Waals surface area contributed by atoms with Crippen molar-refractivity contribution < 1.29 is 51.1 Å². The van der Waals surface area contributed by atoms with Gasteiger partial charge in [-0.1, -0.05) is 11.7 Å². The first-order valence-electron chi connectivity index (χ1n) is 12.6. The van der Waals surface area contributed by atoms with E-state index in [-0.39, 0.29) is 11.4 Å². The first-order valence-corrected chi connectivity index (χ1v) is 14.1. The van der Waals surface area contributed by atoms with Crippen LogP contribution in [-0.4, -0.2) is 69.9 Å². The predicted octanol–water partition coefficient (Wildman–Crippen LogP) is 2.94. The molecule has 3 heterocycles. The van der Waals surface area contributed by atoms with Crippen molar-refractivity contribution in [3.8, 4) is 5.75 Å². The largest absolute Gasteiger partial charge is 0.462 e. The van der Waals surface area contributed by atoms with Gasteiger partial charge < -0.3 is 33.8 Å². The Morgan fingerprint density at radius 2 is 2.10 bits per heavy atom. The van der Waals surface area contributed by atoms with Crippen LogP contribution in [0.2, 0.25) is 0 Å². The van der Waals surface area contributed by atoms with Crippen LogP contribution in [0.25, 0.3) is 11.0 Å². The summed E-state index contributed by atoms with van der Waals surface area (Å²) in [5.41, 5.74) is -1.90. The van der Waals surface area contributed by atoms with Crippen molar-refractivity contribution in [1.82, 2.24) is 20.5 Å². The predicted molar refractivity (Wildman–Crippen MR) is 139 cm³/mol. The molecule has 0 radical (unpaired) electrons. The van der Waals surface area contributed by atoms with Crippen molar-refractivity contribution in [3.63, 3.8) is 0 Å². The summed E-state index contributed by atoms with van der Waals surface area (Å²) in [6.07, 6.45) is -2.82. The molecule has 13 nitrogen and oxygen atoms in total. The maximum Gasteiger partial charge on any atom is 0.459 e. The summed E-state index contributed by atoms with van der Waals surface area (Å²) in [5.74, 6) is -2.77. The third kappa shape index (κ3) is 6.44. The molecule has 1 fully saturated rings. The molecule has 0 saturated carbocycles. The molecule has 1 unspecified atom stereocenters. The third-order valence-corrected chi connectivity index (χ3v) is 7.95. The molecule has 0 aliphatic carbocycles. The molecule has 2 aliphatic heterocycles. The number of hydrogen-bond donors (Lipinski definition) is 3. The van der Waals surface area contributed by atoms with E-state index in [2.05, 4.69) is 22.1 Å². The number of amides is 1. The van der Waals surface area contributed by atoms with Crippen LogP contribution in [0, 0.1) is 12.7 Å². The average molecular weight is 601 g/mol. The van der Waals surface area contributed by atoms with Crippen LogP contribution in [0.15, 0.2) is 41.3 Å². The summed E-state index contributed by atoms with van der Waals surface area (Å²) in [6.45, 7) is 10.2. The second kappa shape index (κ2) is 11.5. The number of alkyl halides is 1. The van der Waals surface area contributed by atoms with Gasteiger partial charge in [0, 0.05) is 23.7 Å². The number of esters is 1. The highest BCUT2D eigenvalue weighted by Crippen LogP contribution is 2.48. The van der Waals surface area contributed by atoms with Crippen molar-refractivity contribution in [2.45, 2.75) is 70.9 Å². The number of aliphatic hydroxyl groups excluding tert-OH is 1. The number of hydrogen-bond acceptors (Lipinski definition) is 11. The molecule has 41 heavy (non-hydrogen) atoms. The third-order valence-electron chi connectivity index (χ3n) is 6.32. The van der Waals surface area contributed by atoms with Crippen LogP contribution >= 0.6 is 7.75 Å². The molecule has 224 valence electrons. The zero-order chi connectivity index (χ0) is 30.3. The van der Waals surface area contributed by atoms with Gasteiger partial charge in [-0.15, -0.1) is 0 Å². The highest BCUT2D eigenvalue weighted by Gasteiger charge is 2.57. The summed E-state index contributed by atoms with van der Waals surface area (Å²) < 4.78 is 71.3. The van der Waals surface area contributed by atoms with E-state index in [9.17, 15) is 23.7 Å². The number of carbonyl (C=O) groups excluding carboxylic acids is 2. The summed E-state index contributed by atoms with van der Waals surface area (Å²) in [4.78, 5) is 25.2. The Hall–Kier alpha value is -3.36. The van der Waals surface area contributed by atoms with Gasteiger partial charge in [-0.25, -0.2) is 13.3 Å². The Morgan fingerprint density at radius 3 is 2.76 bits per heavy atom. The lowest BCUT2D eigenvalue weighted by Crippen LogP contribution is -2.51. The highest BCUT2D eigenvalue weighted by atomic mass is 31.2. The first kappa shape index (κ1) is 30.6. The standard InChI is InChI=1S/C25H31F2N4O9P/c1-12(2)37-23(34)14(4)30-41(35,40-19-9-16-13(3)29-39-18(16)10-17(19)26)36-11-20-22(33)25(6,27)24(38-20)31-8-7-21(32)28-15(31)5/h7-10,12,14,20,22,24,33H,5,11H2,1-4,6H3,(H,28,32)(H,30,35)/t14-,20+,22+,24+,25+,41?/m0/s1. The van der Waals surface area contributed by atoms with Crippen LogP contribution in [0.3, 0.4) is 0 Å². The molecule has 6 atom stereocenters. The molecule has 4 rings (SSSR count). The number of aromatic nitrogens is 1. The molecule has 2 aromatic rings. The van der Waals surface area contributed by atoms with Crippen LogP contribution < -0.4 is 14.9 Å². The fourth-order valence-electron chi connectivity index (χ4n) is 4.20. The second-order valence-corrected chi connectivity index (χ2v) is 11.7. The zero-order valence-electron chi connectivity index (χ0n) is 22.9. The van der Waals surface area contributed by atoms with Gasteiger partial charge in [-0.3, -0.25) is 14.1 Å². The molecule has 3 N–H and O–H groups in total. The van der Waals surface area contributed by atoms with Gasteiger partial charge in [-0.2, -0.15) is 5.09 Å². The van der Waals surface area contributed by atoms with E-state index < -0.39 is 74.0 Å². The Labute approximate surface area is 234 Å². The molecule has 1 aromatic carbocycles. The summed E-state index contributed by atoms with van der Waals surface area (Å²) in [5, 5.41) is 19.6. The number of aliphatic hydroxyl groups is 1. The van der Waals surface area contributed by atoms with Gasteiger partial charge in [-0.05, 0) is 40.7 Å². The molecule has 0 bridgehead atoms. The number of rotatable bonds is 10. The maximum atomic E-state index is 15.7. The molecular formula is C25H31F2N4O9P. The molecular weight excluding hydrogens is 569 g/mol. The summed E-state index contributed by atoms with van der Waals surface area (Å²) in [7, 11) is -4.65. The number of benzene rings is 1. The maximum absolute atomic E-state index is 15.7. The number of fused-ring (bicyclic) bond motifs is 1. The van der Waals surface area contributed by atoms with Crippen LogP contribution in [0.4, 0.5) is 8.78 Å². The van der Waals surface area contributed by atoms with Crippen molar-refractivity contribution in [2.24, 2.45) is 0 Å². The Kier molecular flexibility index (Phi) is 8.58. The highest BCUT2D eigenvalue weighted by molar-refractivity contribution is 7.52. The number of ether oxygens (including phenoxy) is 2. The van der Waals surface area contributed by atoms with Crippen molar-refractivity contribution >= 4 is 30.6 Å². The molecule has 16 heteroatoms. The van der Waals surface area contributed by atoms with Gasteiger partial charge in [0.25, 0.3) is 5.91 Å². The second-order valence-electron chi connectivity index (χ2n) is 10.0. The van der Waals surface area contributed by atoms with Crippen molar-refractivity contribution in [2.75, 3.05) is 6.61 Å². The minimum Gasteiger partial charge on any atom is -0.462 e. The van der Waals surface area contributed by atoms with E-state index in [0.29, 0.717) is 11.1 Å². The van der Waals surface area contributed by atoms with Crippen molar-refractivity contribution in [3.05, 3.63) is 48.3 Å². The topological polar surface area (TPSA) is 162 Å². The van der Waals surface area contributed by atoms with Gasteiger partial charge in [0.05, 0.1) is 18.4 Å². The van der Waals surface area contributed by atoms with Gasteiger partial charge in [0.2, 0.25) is 0 Å². The molecule has 2 aliphatic rings. The van der Waals surface area contributed by atoms with Crippen LogP contribution in [-0.2, 0) is 28.2 Å². The number of carbonyl (C=O) groups is 2. The lowest BCUT2D eigenvalue weighted by Gasteiger charge is -2.35. The minimum absolute atomic E-state index is 0.00296. The fourth-order valence-corrected chi connectivity index (χ4v) is 5.70. The summed E-state index contributed by atoms with van der Waals surface area (Å²) >= 11 is 0. The SMILES string of the molecule is C=C1NC(=O)C=CN1[C@@H]1O[C@H](COP(=O)(N[C@@H](C)C(=O)OC(C)C)Oc2cc3c(C)noc3cc2F)[C@@H](O)[C@@]1(C)F. The summed E-state index contributed by atoms with van der Waals surface area (Å²) in [6, 6.07) is 0.918. The van der Waals surface area contributed by atoms with Gasteiger partial charge in [0.1, 0.15) is 24.1 Å². The average Bonchev–Trinajstić information content (AvgIpc) is 3.33. The van der Waals surface area contributed by atoms with E-state index in [0.717, 1.165) is 19.1 Å². The lowest BCUT2D eigenvalue weighted by atomic mass is 9.98. The number of aryl methyl sites for hydroxylation is 1. The Balaban J connectivity index is 1.58. The number of nitrogens with one attached hydrogen (secondary N) is 2. The number of nitrogens with zero attached hydrogens (tertiary/aromatic N) is 2. The Bertz CT molecular complexity index is 1430. The van der Waals surface area contributed by atoms with E-state index in [4.69, 9.17) is 23.0 Å². The fraction of sp³-hybridized carbons (Fsp3) is 0.480. The van der Waals surface area contributed by atoms with E-state index >= 15 is 4.39 Å².